The Morgan fingerprint density at radius 1 is 1.11 bits per heavy atom. The van der Waals surface area contributed by atoms with Crippen LogP contribution in [0.15, 0.2) is 53.4 Å². The van der Waals surface area contributed by atoms with E-state index in [9.17, 15) is 22.8 Å². The molecule has 1 aliphatic heterocycles. The number of amides is 3. The number of carbonyl (C=O) groups excluding carboxylic acids is 3. The molecule has 1 aliphatic rings. The SMILES string of the molecule is NS(=O)(=O)c1cccc(NC(=O)CCC2NC(=O)c3ccccc3NC2=O)c1. The minimum Gasteiger partial charge on any atom is -0.340 e. The van der Waals surface area contributed by atoms with Crippen molar-refractivity contribution < 1.29 is 22.8 Å². The zero-order valence-corrected chi connectivity index (χ0v) is 15.5. The average molecular weight is 402 g/mol. The molecule has 2 aromatic rings. The van der Waals surface area contributed by atoms with Gasteiger partial charge in [0.15, 0.2) is 0 Å². The Morgan fingerprint density at radius 3 is 2.61 bits per heavy atom. The number of nitrogens with two attached hydrogens (primary N) is 1. The molecule has 2 aromatic carbocycles. The molecule has 0 aliphatic carbocycles. The molecule has 28 heavy (non-hydrogen) atoms. The number of primary sulfonamides is 1. The van der Waals surface area contributed by atoms with Crippen LogP contribution in [0.25, 0.3) is 0 Å². The number of carbonyl (C=O) groups is 3. The lowest BCUT2D eigenvalue weighted by Gasteiger charge is -2.14. The van der Waals surface area contributed by atoms with Crippen molar-refractivity contribution in [2.24, 2.45) is 5.14 Å². The molecule has 10 heteroatoms. The van der Waals surface area contributed by atoms with Gasteiger partial charge in [-0.15, -0.1) is 0 Å². The van der Waals surface area contributed by atoms with Crippen LogP contribution in [0, 0.1) is 0 Å². The number of hydrogen-bond donors (Lipinski definition) is 4. The number of rotatable bonds is 5. The molecular formula is C18H18N4O5S. The van der Waals surface area contributed by atoms with Gasteiger partial charge in [-0.05, 0) is 36.8 Å². The highest BCUT2D eigenvalue weighted by atomic mass is 32.2. The highest BCUT2D eigenvalue weighted by Gasteiger charge is 2.27. The number of nitrogens with one attached hydrogen (secondary N) is 3. The lowest BCUT2D eigenvalue weighted by molar-refractivity contribution is -0.118. The third kappa shape index (κ3) is 4.53. The molecule has 0 spiro atoms. The lowest BCUT2D eigenvalue weighted by Crippen LogP contribution is -2.41. The van der Waals surface area contributed by atoms with Gasteiger partial charge in [0, 0.05) is 12.1 Å². The van der Waals surface area contributed by atoms with Crippen LogP contribution in [-0.4, -0.2) is 32.2 Å². The minimum atomic E-state index is -3.89. The topological polar surface area (TPSA) is 147 Å². The van der Waals surface area contributed by atoms with Crippen LogP contribution in [0.5, 0.6) is 0 Å². The van der Waals surface area contributed by atoms with Gasteiger partial charge in [-0.25, -0.2) is 13.6 Å². The standard InChI is InChI=1S/C18H18N4O5S/c19-28(26,27)12-5-3-4-11(10-12)20-16(23)9-8-15-18(25)21-14-7-2-1-6-13(14)17(24)22-15/h1-7,10,15H,8-9H2,(H,20,23)(H,21,25)(H,22,24)(H2,19,26,27). The summed E-state index contributed by atoms with van der Waals surface area (Å²) in [6, 6.07) is 11.3. The molecule has 0 bridgehead atoms. The Balaban J connectivity index is 1.62. The average Bonchev–Trinajstić information content (AvgIpc) is 2.76. The van der Waals surface area contributed by atoms with Crippen molar-refractivity contribution in [2.45, 2.75) is 23.8 Å². The summed E-state index contributed by atoms with van der Waals surface area (Å²) in [5.41, 5.74) is 1.03. The molecule has 0 saturated heterocycles. The maximum atomic E-state index is 12.3. The van der Waals surface area contributed by atoms with Gasteiger partial charge in [0.25, 0.3) is 5.91 Å². The van der Waals surface area contributed by atoms with Gasteiger partial charge in [0.1, 0.15) is 6.04 Å². The Kier molecular flexibility index (Phi) is 5.43. The van der Waals surface area contributed by atoms with E-state index in [1.54, 1.807) is 24.3 Å². The summed E-state index contributed by atoms with van der Waals surface area (Å²) >= 11 is 0. The van der Waals surface area contributed by atoms with Crippen molar-refractivity contribution in [3.63, 3.8) is 0 Å². The second-order valence-corrected chi connectivity index (χ2v) is 7.78. The van der Waals surface area contributed by atoms with E-state index in [-0.39, 0.29) is 23.4 Å². The minimum absolute atomic E-state index is 0.0612. The van der Waals surface area contributed by atoms with E-state index in [4.69, 9.17) is 5.14 Å². The Morgan fingerprint density at radius 2 is 1.86 bits per heavy atom. The van der Waals surface area contributed by atoms with Gasteiger partial charge in [-0.2, -0.15) is 0 Å². The predicted molar refractivity (Wildman–Crippen MR) is 102 cm³/mol. The third-order valence-corrected chi connectivity index (χ3v) is 5.07. The Labute approximate surface area is 161 Å². The molecular weight excluding hydrogens is 384 g/mol. The van der Waals surface area contributed by atoms with E-state index in [0.29, 0.717) is 11.3 Å². The summed E-state index contributed by atoms with van der Waals surface area (Å²) in [7, 11) is -3.89. The number of para-hydroxylation sites is 1. The lowest BCUT2D eigenvalue weighted by atomic mass is 10.1. The first-order chi connectivity index (χ1) is 13.2. The molecule has 146 valence electrons. The molecule has 0 saturated carbocycles. The number of hydrogen-bond acceptors (Lipinski definition) is 5. The van der Waals surface area contributed by atoms with Crippen molar-refractivity contribution in [1.82, 2.24) is 5.32 Å². The molecule has 3 rings (SSSR count). The molecule has 9 nitrogen and oxygen atoms in total. The summed E-state index contributed by atoms with van der Waals surface area (Å²) in [6.45, 7) is 0. The van der Waals surface area contributed by atoms with Gasteiger partial charge in [0.2, 0.25) is 21.8 Å². The first kappa shape index (κ1) is 19.5. The zero-order valence-electron chi connectivity index (χ0n) is 14.6. The summed E-state index contributed by atoms with van der Waals surface area (Å²) in [5.74, 6) is -1.25. The Bertz CT molecular complexity index is 1050. The zero-order chi connectivity index (χ0) is 20.3. The Hall–Kier alpha value is -3.24. The van der Waals surface area contributed by atoms with Crippen molar-refractivity contribution in [3.8, 4) is 0 Å². The monoisotopic (exact) mass is 402 g/mol. The smallest absolute Gasteiger partial charge is 0.254 e. The summed E-state index contributed by atoms with van der Waals surface area (Å²) < 4.78 is 22.8. The quantitative estimate of drug-likeness (QED) is 0.584. The molecule has 1 heterocycles. The molecule has 0 aromatic heterocycles. The fourth-order valence-corrected chi connectivity index (χ4v) is 3.32. The fraction of sp³-hybridized carbons (Fsp3) is 0.167. The van der Waals surface area contributed by atoms with Crippen molar-refractivity contribution >= 4 is 39.1 Å². The molecule has 0 radical (unpaired) electrons. The van der Waals surface area contributed by atoms with Gasteiger partial charge >= 0.3 is 0 Å². The molecule has 5 N–H and O–H groups in total. The van der Waals surface area contributed by atoms with E-state index >= 15 is 0 Å². The van der Waals surface area contributed by atoms with E-state index in [0.717, 1.165) is 0 Å². The van der Waals surface area contributed by atoms with Crippen LogP contribution in [0.3, 0.4) is 0 Å². The van der Waals surface area contributed by atoms with Crippen LogP contribution >= 0.6 is 0 Å². The van der Waals surface area contributed by atoms with Crippen LogP contribution in [0.1, 0.15) is 23.2 Å². The van der Waals surface area contributed by atoms with Crippen LogP contribution < -0.4 is 21.1 Å². The van der Waals surface area contributed by atoms with Crippen LogP contribution in [0.4, 0.5) is 11.4 Å². The number of benzene rings is 2. The van der Waals surface area contributed by atoms with Crippen LogP contribution in [-0.2, 0) is 19.6 Å². The van der Waals surface area contributed by atoms with Gasteiger partial charge in [0.05, 0.1) is 16.1 Å². The first-order valence-corrected chi connectivity index (χ1v) is 9.92. The molecule has 0 fully saturated rings. The third-order valence-electron chi connectivity index (χ3n) is 4.16. The summed E-state index contributed by atoms with van der Waals surface area (Å²) in [5, 5.41) is 12.9. The van der Waals surface area contributed by atoms with E-state index < -0.39 is 33.8 Å². The number of fused-ring (bicyclic) bond motifs is 1. The summed E-state index contributed by atoms with van der Waals surface area (Å²) in [6.07, 6.45) is 0.0145. The molecule has 3 amide bonds. The highest BCUT2D eigenvalue weighted by molar-refractivity contribution is 7.89. The molecule has 1 unspecified atom stereocenters. The largest absolute Gasteiger partial charge is 0.340 e. The maximum Gasteiger partial charge on any atom is 0.254 e. The van der Waals surface area contributed by atoms with Crippen molar-refractivity contribution in [1.29, 1.82) is 0 Å². The van der Waals surface area contributed by atoms with Crippen molar-refractivity contribution in [3.05, 3.63) is 54.1 Å². The fourth-order valence-electron chi connectivity index (χ4n) is 2.76. The van der Waals surface area contributed by atoms with E-state index in [1.807, 2.05) is 0 Å². The first-order valence-electron chi connectivity index (χ1n) is 8.37. The second kappa shape index (κ2) is 7.79. The number of sulfonamides is 1. The predicted octanol–water partition coefficient (Wildman–Crippen LogP) is 0.803. The normalized spacial score (nSPS) is 16.4. The molecule has 1 atom stereocenters. The van der Waals surface area contributed by atoms with Crippen LogP contribution in [0.2, 0.25) is 0 Å². The van der Waals surface area contributed by atoms with Crippen molar-refractivity contribution in [2.75, 3.05) is 10.6 Å². The van der Waals surface area contributed by atoms with E-state index in [1.165, 1.54) is 24.3 Å². The second-order valence-electron chi connectivity index (χ2n) is 6.22. The van der Waals surface area contributed by atoms with Gasteiger partial charge in [-0.1, -0.05) is 18.2 Å². The number of anilines is 2. The van der Waals surface area contributed by atoms with Gasteiger partial charge in [-0.3, -0.25) is 14.4 Å². The summed E-state index contributed by atoms with van der Waals surface area (Å²) in [4.78, 5) is 36.6. The highest BCUT2D eigenvalue weighted by Crippen LogP contribution is 2.19. The van der Waals surface area contributed by atoms with E-state index in [2.05, 4.69) is 16.0 Å². The van der Waals surface area contributed by atoms with Gasteiger partial charge < -0.3 is 16.0 Å². The maximum absolute atomic E-state index is 12.3.